The number of carbonyl (C=O) groups excluding carboxylic acids is 4. The molecule has 0 aliphatic carbocycles. The van der Waals surface area contributed by atoms with Crippen LogP contribution < -0.4 is 0 Å². The molecule has 0 aliphatic rings. The van der Waals surface area contributed by atoms with E-state index < -0.39 is 97.5 Å². The van der Waals surface area contributed by atoms with Crippen molar-refractivity contribution in [3.63, 3.8) is 0 Å². The van der Waals surface area contributed by atoms with Gasteiger partial charge in [-0.3, -0.25) is 37.3 Å². The zero-order chi connectivity index (χ0) is 74.6. The third-order valence-electron chi connectivity index (χ3n) is 16.7. The Morgan fingerprint density at radius 3 is 0.804 bits per heavy atom. The maximum absolute atomic E-state index is 13.1. The van der Waals surface area contributed by atoms with Crippen LogP contribution in [0.3, 0.4) is 0 Å². The number of unbranched alkanes of at least 4 members (excludes halogenated alkanes) is 31. The average Bonchev–Trinajstić information content (AvgIpc) is 0.927. The number of esters is 4. The van der Waals surface area contributed by atoms with Crippen molar-refractivity contribution in [2.24, 2.45) is 0 Å². The second kappa shape index (κ2) is 75.0. The molecule has 0 saturated heterocycles. The fourth-order valence-corrected chi connectivity index (χ4v) is 12.2. The van der Waals surface area contributed by atoms with Gasteiger partial charge in [-0.25, -0.2) is 9.13 Å². The lowest BCUT2D eigenvalue weighted by molar-refractivity contribution is -0.161. The molecule has 0 aromatic rings. The molecule has 0 aromatic carbocycles. The highest BCUT2D eigenvalue weighted by molar-refractivity contribution is 7.47. The molecule has 0 rings (SSSR count). The Bertz CT molecular complexity index is 2360. The molecular formula is C83H144O17P2. The van der Waals surface area contributed by atoms with Crippen LogP contribution in [0.2, 0.25) is 0 Å². The molecule has 0 aromatic heterocycles. The van der Waals surface area contributed by atoms with E-state index in [0.717, 1.165) is 199 Å². The predicted octanol–water partition coefficient (Wildman–Crippen LogP) is 23.3. The van der Waals surface area contributed by atoms with Gasteiger partial charge in [0.15, 0.2) is 12.2 Å². The highest BCUT2D eigenvalue weighted by Crippen LogP contribution is 2.45. The van der Waals surface area contributed by atoms with Crippen LogP contribution in [0.1, 0.15) is 336 Å². The molecule has 0 radical (unpaired) electrons. The van der Waals surface area contributed by atoms with Crippen LogP contribution in [0.4, 0.5) is 0 Å². The largest absolute Gasteiger partial charge is 0.472 e. The molecule has 588 valence electrons. The summed E-state index contributed by atoms with van der Waals surface area (Å²) in [4.78, 5) is 73.0. The van der Waals surface area contributed by atoms with Gasteiger partial charge in [0.1, 0.15) is 19.3 Å². The van der Waals surface area contributed by atoms with Gasteiger partial charge >= 0.3 is 39.5 Å². The Labute approximate surface area is 619 Å². The second-order valence-electron chi connectivity index (χ2n) is 26.6. The van der Waals surface area contributed by atoms with E-state index in [1.165, 1.54) is 57.8 Å². The maximum atomic E-state index is 13.1. The Morgan fingerprint density at radius 1 is 0.284 bits per heavy atom. The summed E-state index contributed by atoms with van der Waals surface area (Å²) in [7, 11) is -9.96. The first-order valence-corrected chi connectivity index (χ1v) is 43.1. The summed E-state index contributed by atoms with van der Waals surface area (Å²) < 4.78 is 68.6. The summed E-state index contributed by atoms with van der Waals surface area (Å²) in [5.41, 5.74) is 0. The van der Waals surface area contributed by atoms with Gasteiger partial charge in [0.25, 0.3) is 0 Å². The molecule has 0 heterocycles. The van der Waals surface area contributed by atoms with Crippen LogP contribution in [0.25, 0.3) is 0 Å². The van der Waals surface area contributed by atoms with Crippen LogP contribution in [-0.4, -0.2) is 96.7 Å². The van der Waals surface area contributed by atoms with Crippen LogP contribution in [0.5, 0.6) is 0 Å². The minimum Gasteiger partial charge on any atom is -0.462 e. The van der Waals surface area contributed by atoms with Crippen LogP contribution in [0, 0.1) is 0 Å². The van der Waals surface area contributed by atoms with Crippen molar-refractivity contribution in [1.29, 1.82) is 0 Å². The molecule has 5 unspecified atom stereocenters. The minimum atomic E-state index is -4.98. The molecule has 0 amide bonds. The summed E-state index contributed by atoms with van der Waals surface area (Å²) in [6.07, 6.45) is 80.6. The van der Waals surface area contributed by atoms with Gasteiger partial charge in [0.05, 0.1) is 26.4 Å². The number of aliphatic hydroxyl groups is 1. The Balaban J connectivity index is 5.35. The standard InChI is InChI=1S/C83H144O17P2/c1-5-9-13-17-21-25-29-32-35-37-38-40-42-45-49-52-56-60-64-68-81(86)94-74-79(100-83(88)70-66-62-58-54-50-46-43-39-36-33-30-26-22-18-14-10-6-2)76-98-102(91,92)96-72-77(84)71-95-101(89,90)97-75-78(99-82(87)69-65-61-57-53-47-28-24-20-16-12-8-4)73-93-80(85)67-63-59-55-51-48-44-41-34-31-27-23-19-15-11-7-3/h10-11,14-15,21-23,25-27,32-36,38,40-41,77-79,84H,5-9,12-13,16-20,24,28-31,37,39,42-76H2,1-4H3,(H,89,90)(H,91,92)/b14-10-,15-11-,25-21-,26-22-,27-23-,35-32-,36-33-,40-38-,41-34-. The van der Waals surface area contributed by atoms with E-state index in [2.05, 4.69) is 137 Å². The number of aliphatic hydroxyl groups excluding tert-OH is 1. The quantitative estimate of drug-likeness (QED) is 0.0169. The predicted molar refractivity (Wildman–Crippen MR) is 418 cm³/mol. The first-order chi connectivity index (χ1) is 49.7. The molecular weight excluding hydrogens is 1330 g/mol. The van der Waals surface area contributed by atoms with Gasteiger partial charge in [0, 0.05) is 25.7 Å². The van der Waals surface area contributed by atoms with Gasteiger partial charge in [-0.2, -0.15) is 0 Å². The van der Waals surface area contributed by atoms with Crippen molar-refractivity contribution in [3.8, 4) is 0 Å². The van der Waals surface area contributed by atoms with E-state index in [9.17, 15) is 43.2 Å². The van der Waals surface area contributed by atoms with E-state index in [-0.39, 0.29) is 25.7 Å². The molecule has 3 N–H and O–H groups in total. The number of phosphoric ester groups is 2. The SMILES string of the molecule is CC/C=C\C/C=C\C/C=C\CCCCCCCCCC(=O)OC(COC(=O)CCCCCCCC/C=C\C/C=C\C/C=C\CCCCC)COP(=O)(O)OCC(O)COP(=O)(O)OCC(COC(=O)CCCCCCC/C=C\C/C=C\C/C=C\CC)OC(=O)CCCCCCCCCCCCC. The number of rotatable bonds is 75. The lowest BCUT2D eigenvalue weighted by Gasteiger charge is -2.21. The van der Waals surface area contributed by atoms with Crippen LogP contribution >= 0.6 is 15.6 Å². The second-order valence-corrected chi connectivity index (χ2v) is 29.5. The third-order valence-corrected chi connectivity index (χ3v) is 18.6. The van der Waals surface area contributed by atoms with Crippen molar-refractivity contribution >= 4 is 39.5 Å². The van der Waals surface area contributed by atoms with Gasteiger partial charge in [-0.1, -0.05) is 291 Å². The van der Waals surface area contributed by atoms with Crippen molar-refractivity contribution in [2.75, 3.05) is 39.6 Å². The summed E-state index contributed by atoms with van der Waals surface area (Å²) in [6, 6.07) is 0. The smallest absolute Gasteiger partial charge is 0.462 e. The summed E-state index contributed by atoms with van der Waals surface area (Å²) in [5, 5.41) is 10.6. The van der Waals surface area contributed by atoms with Crippen LogP contribution in [0.15, 0.2) is 109 Å². The Kier molecular flexibility index (Phi) is 71.8. The molecule has 0 bridgehead atoms. The van der Waals surface area contributed by atoms with Crippen LogP contribution in [-0.2, 0) is 65.4 Å². The zero-order valence-electron chi connectivity index (χ0n) is 64.3. The highest BCUT2D eigenvalue weighted by Gasteiger charge is 2.30. The highest BCUT2D eigenvalue weighted by atomic mass is 31.2. The third kappa shape index (κ3) is 74.0. The van der Waals surface area contributed by atoms with E-state index >= 15 is 0 Å². The normalized spacial score (nSPS) is 14.5. The molecule has 0 saturated carbocycles. The maximum Gasteiger partial charge on any atom is 0.472 e. The fourth-order valence-electron chi connectivity index (χ4n) is 10.7. The topological polar surface area (TPSA) is 237 Å². The van der Waals surface area contributed by atoms with Crippen molar-refractivity contribution < 1.29 is 80.2 Å². The molecule has 102 heavy (non-hydrogen) atoms. The average molecular weight is 1480 g/mol. The zero-order valence-corrected chi connectivity index (χ0v) is 66.0. The van der Waals surface area contributed by atoms with Crippen molar-refractivity contribution in [3.05, 3.63) is 109 Å². The van der Waals surface area contributed by atoms with Gasteiger partial charge in [-0.05, 0) is 128 Å². The van der Waals surface area contributed by atoms with E-state index in [1.807, 2.05) is 0 Å². The van der Waals surface area contributed by atoms with Gasteiger partial charge < -0.3 is 33.8 Å². The monoisotopic (exact) mass is 1470 g/mol. The lowest BCUT2D eigenvalue weighted by Crippen LogP contribution is -2.30. The van der Waals surface area contributed by atoms with E-state index in [4.69, 9.17) is 37.0 Å². The van der Waals surface area contributed by atoms with Crippen molar-refractivity contribution in [1.82, 2.24) is 0 Å². The minimum absolute atomic E-state index is 0.0799. The number of allylic oxidation sites excluding steroid dienone is 18. The van der Waals surface area contributed by atoms with E-state index in [0.29, 0.717) is 25.7 Å². The molecule has 17 nitrogen and oxygen atoms in total. The molecule has 0 aliphatic heterocycles. The number of hydrogen-bond donors (Lipinski definition) is 3. The molecule has 19 heteroatoms. The van der Waals surface area contributed by atoms with Gasteiger partial charge in [-0.15, -0.1) is 0 Å². The number of hydrogen-bond acceptors (Lipinski definition) is 15. The number of carbonyl (C=O) groups is 4. The lowest BCUT2D eigenvalue weighted by atomic mass is 10.1. The number of ether oxygens (including phenoxy) is 4. The first-order valence-electron chi connectivity index (χ1n) is 40.1. The molecule has 5 atom stereocenters. The molecule has 0 spiro atoms. The Hall–Kier alpha value is -4.28. The fraction of sp³-hybridized carbons (Fsp3) is 0.735. The molecule has 0 fully saturated rings. The summed E-state index contributed by atoms with van der Waals surface area (Å²) in [5.74, 6) is -2.20. The summed E-state index contributed by atoms with van der Waals surface area (Å²) >= 11 is 0. The first kappa shape index (κ1) is 97.7. The number of phosphoric acid groups is 2. The van der Waals surface area contributed by atoms with E-state index in [1.54, 1.807) is 0 Å². The van der Waals surface area contributed by atoms with Crippen molar-refractivity contribution in [2.45, 2.75) is 354 Å². The summed E-state index contributed by atoms with van der Waals surface area (Å²) in [6.45, 7) is 4.61. The van der Waals surface area contributed by atoms with Gasteiger partial charge in [0.2, 0.25) is 0 Å². The Morgan fingerprint density at radius 2 is 0.510 bits per heavy atom.